The van der Waals surface area contributed by atoms with E-state index in [-0.39, 0.29) is 0 Å². The SMILES string of the molecule is COCC(C)(C#N)NC(C)C. The highest BCUT2D eigenvalue weighted by Gasteiger charge is 2.23. The fourth-order valence-corrected chi connectivity index (χ4v) is 1.03. The van der Waals surface area contributed by atoms with Crippen LogP contribution in [0.25, 0.3) is 0 Å². The van der Waals surface area contributed by atoms with Gasteiger partial charge in [0.25, 0.3) is 0 Å². The highest BCUT2D eigenvalue weighted by molar-refractivity contribution is 5.04. The molecule has 0 aromatic carbocycles. The van der Waals surface area contributed by atoms with E-state index in [1.165, 1.54) is 0 Å². The average Bonchev–Trinajstić information content (AvgIpc) is 1.87. The van der Waals surface area contributed by atoms with Crippen molar-refractivity contribution >= 4 is 0 Å². The first-order valence-electron chi connectivity index (χ1n) is 3.72. The predicted octanol–water partition coefficient (Wildman–Crippen LogP) is 0.913. The summed E-state index contributed by atoms with van der Waals surface area (Å²) >= 11 is 0. The van der Waals surface area contributed by atoms with Gasteiger partial charge in [-0.1, -0.05) is 0 Å². The van der Waals surface area contributed by atoms with Gasteiger partial charge in [0, 0.05) is 13.2 Å². The molecule has 0 saturated heterocycles. The molecule has 0 amide bonds. The van der Waals surface area contributed by atoms with Gasteiger partial charge in [-0.25, -0.2) is 0 Å². The molecular weight excluding hydrogens is 140 g/mol. The fourth-order valence-electron chi connectivity index (χ4n) is 1.03. The molecule has 64 valence electrons. The van der Waals surface area contributed by atoms with E-state index in [4.69, 9.17) is 10.00 Å². The number of nitriles is 1. The van der Waals surface area contributed by atoms with Crippen molar-refractivity contribution in [3.8, 4) is 6.07 Å². The third-order valence-corrected chi connectivity index (χ3v) is 1.29. The largest absolute Gasteiger partial charge is 0.382 e. The molecule has 0 aliphatic heterocycles. The van der Waals surface area contributed by atoms with Gasteiger partial charge in [0.2, 0.25) is 0 Å². The van der Waals surface area contributed by atoms with Crippen molar-refractivity contribution in [2.45, 2.75) is 32.4 Å². The molecule has 3 nitrogen and oxygen atoms in total. The second-order valence-electron chi connectivity index (χ2n) is 3.18. The van der Waals surface area contributed by atoms with Crippen LogP contribution in [0.2, 0.25) is 0 Å². The standard InChI is InChI=1S/C8H16N2O/c1-7(2)10-8(3,5-9)6-11-4/h7,10H,6H2,1-4H3. The van der Waals surface area contributed by atoms with Crippen LogP contribution in [-0.2, 0) is 4.74 Å². The molecule has 1 unspecified atom stereocenters. The highest BCUT2D eigenvalue weighted by atomic mass is 16.5. The Morgan fingerprint density at radius 2 is 2.18 bits per heavy atom. The van der Waals surface area contributed by atoms with Gasteiger partial charge in [-0.15, -0.1) is 0 Å². The van der Waals surface area contributed by atoms with Crippen LogP contribution in [0.4, 0.5) is 0 Å². The molecule has 0 spiro atoms. The molecule has 3 heteroatoms. The van der Waals surface area contributed by atoms with Crippen molar-refractivity contribution in [1.82, 2.24) is 5.32 Å². The third-order valence-electron chi connectivity index (χ3n) is 1.29. The van der Waals surface area contributed by atoms with Gasteiger partial charge in [-0.05, 0) is 20.8 Å². The molecule has 0 aliphatic rings. The van der Waals surface area contributed by atoms with Crippen LogP contribution in [0.5, 0.6) is 0 Å². The summed E-state index contributed by atoms with van der Waals surface area (Å²) in [6, 6.07) is 2.48. The summed E-state index contributed by atoms with van der Waals surface area (Å²) in [5.41, 5.74) is -0.553. The van der Waals surface area contributed by atoms with E-state index >= 15 is 0 Å². The zero-order chi connectivity index (χ0) is 8.91. The van der Waals surface area contributed by atoms with E-state index in [0.717, 1.165) is 0 Å². The fraction of sp³-hybridized carbons (Fsp3) is 0.875. The zero-order valence-electron chi connectivity index (χ0n) is 7.64. The molecule has 0 aromatic heterocycles. The first-order chi connectivity index (χ1) is 5.04. The summed E-state index contributed by atoms with van der Waals surface area (Å²) in [6.07, 6.45) is 0. The van der Waals surface area contributed by atoms with Crippen LogP contribution in [0.15, 0.2) is 0 Å². The predicted molar refractivity (Wildman–Crippen MR) is 44.2 cm³/mol. The quantitative estimate of drug-likeness (QED) is 0.658. The summed E-state index contributed by atoms with van der Waals surface area (Å²) in [5.74, 6) is 0. The Balaban J connectivity index is 4.02. The Hall–Kier alpha value is -0.590. The third kappa shape index (κ3) is 3.97. The molecule has 0 fully saturated rings. The van der Waals surface area contributed by atoms with Crippen LogP contribution in [-0.4, -0.2) is 25.3 Å². The Morgan fingerprint density at radius 1 is 1.64 bits per heavy atom. The average molecular weight is 156 g/mol. The molecule has 1 atom stereocenters. The maximum absolute atomic E-state index is 8.77. The molecule has 0 bridgehead atoms. The number of methoxy groups -OCH3 is 1. The number of nitrogens with one attached hydrogen (secondary N) is 1. The van der Waals surface area contributed by atoms with Crippen molar-refractivity contribution in [2.24, 2.45) is 0 Å². The molecule has 11 heavy (non-hydrogen) atoms. The molecule has 0 aliphatic carbocycles. The van der Waals surface area contributed by atoms with E-state index in [1.54, 1.807) is 7.11 Å². The molecular formula is C8H16N2O. The van der Waals surface area contributed by atoms with Gasteiger partial charge in [0.05, 0.1) is 12.7 Å². The van der Waals surface area contributed by atoms with Crippen LogP contribution in [0.3, 0.4) is 0 Å². The monoisotopic (exact) mass is 156 g/mol. The molecule has 1 N–H and O–H groups in total. The van der Waals surface area contributed by atoms with Crippen molar-refractivity contribution in [3.05, 3.63) is 0 Å². The summed E-state index contributed by atoms with van der Waals surface area (Å²) in [5, 5.41) is 11.9. The molecule has 0 rings (SSSR count). The number of ether oxygens (including phenoxy) is 1. The van der Waals surface area contributed by atoms with E-state index in [0.29, 0.717) is 12.6 Å². The van der Waals surface area contributed by atoms with Crippen LogP contribution >= 0.6 is 0 Å². The van der Waals surface area contributed by atoms with Crippen LogP contribution in [0, 0.1) is 11.3 Å². The molecule has 0 heterocycles. The van der Waals surface area contributed by atoms with E-state index < -0.39 is 5.54 Å². The lowest BCUT2D eigenvalue weighted by Gasteiger charge is -2.24. The molecule has 0 radical (unpaired) electrons. The minimum absolute atomic E-state index is 0.301. The number of hydrogen-bond acceptors (Lipinski definition) is 3. The Labute approximate surface area is 68.3 Å². The van der Waals surface area contributed by atoms with Crippen molar-refractivity contribution in [1.29, 1.82) is 5.26 Å². The summed E-state index contributed by atoms with van der Waals surface area (Å²) in [6.45, 7) is 6.26. The number of hydrogen-bond donors (Lipinski definition) is 1. The first-order valence-corrected chi connectivity index (χ1v) is 3.72. The van der Waals surface area contributed by atoms with Crippen LogP contribution < -0.4 is 5.32 Å². The van der Waals surface area contributed by atoms with Crippen LogP contribution in [0.1, 0.15) is 20.8 Å². The summed E-state index contributed by atoms with van der Waals surface area (Å²) in [4.78, 5) is 0. The maximum atomic E-state index is 8.77. The topological polar surface area (TPSA) is 45.0 Å². The lowest BCUT2D eigenvalue weighted by molar-refractivity contribution is 0.141. The van der Waals surface area contributed by atoms with Gasteiger partial charge < -0.3 is 4.74 Å². The van der Waals surface area contributed by atoms with E-state index in [1.807, 2.05) is 20.8 Å². The second kappa shape index (κ2) is 4.32. The number of rotatable bonds is 4. The normalized spacial score (nSPS) is 16.0. The van der Waals surface area contributed by atoms with Crippen molar-refractivity contribution in [3.63, 3.8) is 0 Å². The van der Waals surface area contributed by atoms with Gasteiger partial charge in [-0.3, -0.25) is 5.32 Å². The number of nitrogens with zero attached hydrogens (tertiary/aromatic N) is 1. The molecule has 0 aromatic rings. The Bertz CT molecular complexity index is 151. The van der Waals surface area contributed by atoms with Crippen molar-refractivity contribution in [2.75, 3.05) is 13.7 Å². The van der Waals surface area contributed by atoms with E-state index in [2.05, 4.69) is 11.4 Å². The van der Waals surface area contributed by atoms with Crippen molar-refractivity contribution < 1.29 is 4.74 Å². The lowest BCUT2D eigenvalue weighted by atomic mass is 10.1. The van der Waals surface area contributed by atoms with E-state index in [9.17, 15) is 0 Å². The van der Waals surface area contributed by atoms with Gasteiger partial charge in [0.15, 0.2) is 0 Å². The molecule has 0 saturated carbocycles. The lowest BCUT2D eigenvalue weighted by Crippen LogP contribution is -2.48. The first kappa shape index (κ1) is 10.4. The second-order valence-corrected chi connectivity index (χ2v) is 3.18. The van der Waals surface area contributed by atoms with Gasteiger partial charge >= 0.3 is 0 Å². The van der Waals surface area contributed by atoms with Gasteiger partial charge in [-0.2, -0.15) is 5.26 Å². The minimum atomic E-state index is -0.553. The maximum Gasteiger partial charge on any atom is 0.127 e. The highest BCUT2D eigenvalue weighted by Crippen LogP contribution is 2.03. The Morgan fingerprint density at radius 3 is 2.45 bits per heavy atom. The summed E-state index contributed by atoms with van der Waals surface area (Å²) in [7, 11) is 1.59. The Kier molecular flexibility index (Phi) is 4.09. The zero-order valence-corrected chi connectivity index (χ0v) is 7.64. The minimum Gasteiger partial charge on any atom is -0.382 e. The smallest absolute Gasteiger partial charge is 0.127 e. The summed E-state index contributed by atoms with van der Waals surface area (Å²) < 4.78 is 4.91. The van der Waals surface area contributed by atoms with Gasteiger partial charge in [0.1, 0.15) is 5.54 Å².